The Labute approximate surface area is 83.9 Å². The third-order valence-corrected chi connectivity index (χ3v) is 2.31. The van der Waals surface area contributed by atoms with Crippen molar-refractivity contribution in [3.8, 4) is 6.07 Å². The number of nitrogens with zero attached hydrogens (tertiary/aromatic N) is 2. The van der Waals surface area contributed by atoms with E-state index in [-0.39, 0.29) is 0 Å². The Morgan fingerprint density at radius 3 is 3.07 bits per heavy atom. The van der Waals surface area contributed by atoms with Gasteiger partial charge in [-0.1, -0.05) is 0 Å². The van der Waals surface area contributed by atoms with Crippen LogP contribution in [0.4, 0.5) is 0 Å². The molecular weight excluding hydrogens is 208 g/mol. The van der Waals surface area contributed by atoms with Gasteiger partial charge in [-0.05, 0) is 12.8 Å². The van der Waals surface area contributed by atoms with Gasteiger partial charge in [-0.2, -0.15) is 5.26 Å². The first-order chi connectivity index (χ1) is 6.65. The maximum Gasteiger partial charge on any atom is 0.251 e. The summed E-state index contributed by atoms with van der Waals surface area (Å²) in [5, 5.41) is 8.66. The van der Waals surface area contributed by atoms with Crippen molar-refractivity contribution in [3.05, 3.63) is 0 Å². The zero-order valence-electron chi connectivity index (χ0n) is 7.34. The van der Waals surface area contributed by atoms with Gasteiger partial charge in [0.2, 0.25) is 0 Å². The number of carbonyl (C=O) groups excluding carboxylic acids is 1. The molecule has 1 fully saturated rings. The minimum absolute atomic E-state index is 0.439. The zero-order valence-corrected chi connectivity index (χ0v) is 8.16. The summed E-state index contributed by atoms with van der Waals surface area (Å²) in [6, 6.07) is 1.54. The molecule has 1 amide bonds. The fourth-order valence-corrected chi connectivity index (χ4v) is 1.58. The van der Waals surface area contributed by atoms with E-state index in [0.717, 1.165) is 6.42 Å². The molecule has 1 saturated heterocycles. The Kier molecular flexibility index (Phi) is 4.00. The van der Waals surface area contributed by atoms with Crippen molar-refractivity contribution in [2.75, 3.05) is 13.2 Å². The molecule has 1 rings (SSSR count). The molecule has 7 heteroatoms. The Morgan fingerprint density at radius 2 is 2.50 bits per heavy atom. The van der Waals surface area contributed by atoms with Crippen molar-refractivity contribution < 1.29 is 17.7 Å². The predicted molar refractivity (Wildman–Crippen MR) is 45.2 cm³/mol. The van der Waals surface area contributed by atoms with Crippen molar-refractivity contribution in [1.29, 1.82) is 5.26 Å². The standard InChI is InChI=1S/C7H10N2O4S/c8-4-6-2-1-3-9(6)7(10)5-13-14(11)12/h6H,1-3,5H2,(H,11,12)/p-1. The van der Waals surface area contributed by atoms with Crippen LogP contribution in [0.15, 0.2) is 0 Å². The molecule has 1 aliphatic rings. The van der Waals surface area contributed by atoms with Gasteiger partial charge >= 0.3 is 0 Å². The lowest BCUT2D eigenvalue weighted by atomic mass is 10.2. The minimum atomic E-state index is -2.68. The molecule has 0 radical (unpaired) electrons. The van der Waals surface area contributed by atoms with E-state index in [2.05, 4.69) is 4.18 Å². The molecule has 0 aromatic heterocycles. The maximum absolute atomic E-state index is 11.3. The molecule has 14 heavy (non-hydrogen) atoms. The minimum Gasteiger partial charge on any atom is -0.750 e. The third-order valence-electron chi connectivity index (χ3n) is 2.00. The molecule has 0 N–H and O–H groups in total. The Bertz CT molecular complexity index is 288. The molecule has 0 saturated carbocycles. The summed E-state index contributed by atoms with van der Waals surface area (Å²) < 4.78 is 24.1. The SMILES string of the molecule is N#CC1CCCN1C(=O)COS(=O)[O-]. The summed E-state index contributed by atoms with van der Waals surface area (Å²) in [5.74, 6) is -0.460. The van der Waals surface area contributed by atoms with Crippen molar-refractivity contribution in [3.63, 3.8) is 0 Å². The molecule has 0 aliphatic carbocycles. The molecule has 1 aliphatic heterocycles. The summed E-state index contributed by atoms with van der Waals surface area (Å²) in [7, 11) is 0. The van der Waals surface area contributed by atoms with Crippen LogP contribution in [0.2, 0.25) is 0 Å². The van der Waals surface area contributed by atoms with E-state index in [1.54, 1.807) is 0 Å². The number of rotatable bonds is 3. The summed E-state index contributed by atoms with van der Waals surface area (Å²) >= 11 is -2.68. The molecule has 0 aromatic carbocycles. The first-order valence-corrected chi connectivity index (χ1v) is 5.06. The van der Waals surface area contributed by atoms with Gasteiger partial charge in [0, 0.05) is 6.54 Å². The van der Waals surface area contributed by atoms with Crippen LogP contribution in [0, 0.1) is 11.3 Å². The van der Waals surface area contributed by atoms with E-state index in [1.165, 1.54) is 4.90 Å². The molecule has 78 valence electrons. The topological polar surface area (TPSA) is 93.5 Å². The molecular formula is C7H9N2O4S-. The van der Waals surface area contributed by atoms with Crippen LogP contribution in [-0.2, 0) is 20.3 Å². The summed E-state index contributed by atoms with van der Waals surface area (Å²) in [6.07, 6.45) is 1.41. The second-order valence-electron chi connectivity index (χ2n) is 2.84. The van der Waals surface area contributed by atoms with Gasteiger partial charge in [-0.25, -0.2) is 4.21 Å². The molecule has 1 heterocycles. The van der Waals surface area contributed by atoms with Crippen LogP contribution in [0.3, 0.4) is 0 Å². The van der Waals surface area contributed by atoms with Crippen LogP contribution in [0.25, 0.3) is 0 Å². The third kappa shape index (κ3) is 2.77. The van der Waals surface area contributed by atoms with Crippen LogP contribution >= 0.6 is 0 Å². The van der Waals surface area contributed by atoms with Crippen LogP contribution < -0.4 is 0 Å². The zero-order chi connectivity index (χ0) is 10.6. The van der Waals surface area contributed by atoms with E-state index in [0.29, 0.717) is 13.0 Å². The molecule has 0 bridgehead atoms. The molecule has 2 atom stereocenters. The number of hydrogen-bond donors (Lipinski definition) is 0. The van der Waals surface area contributed by atoms with Crippen molar-refractivity contribution >= 4 is 17.3 Å². The van der Waals surface area contributed by atoms with E-state index >= 15 is 0 Å². The summed E-state index contributed by atoms with van der Waals surface area (Å²) in [6.45, 7) is -0.0276. The Hall–Kier alpha value is -0.970. The molecule has 6 nitrogen and oxygen atoms in total. The van der Waals surface area contributed by atoms with Gasteiger partial charge in [-0.15, -0.1) is 0 Å². The lowest BCUT2D eigenvalue weighted by Gasteiger charge is -2.19. The van der Waals surface area contributed by atoms with Gasteiger partial charge in [0.15, 0.2) is 0 Å². The smallest absolute Gasteiger partial charge is 0.251 e. The normalized spacial score (nSPS) is 23.1. The van der Waals surface area contributed by atoms with E-state index in [1.807, 2.05) is 6.07 Å². The van der Waals surface area contributed by atoms with Crippen LogP contribution in [0.1, 0.15) is 12.8 Å². The predicted octanol–water partition coefficient (Wildman–Crippen LogP) is -0.688. The number of carbonyl (C=O) groups is 1. The molecule has 2 unspecified atom stereocenters. The van der Waals surface area contributed by atoms with Gasteiger partial charge in [0.05, 0.1) is 17.4 Å². The van der Waals surface area contributed by atoms with E-state index in [9.17, 15) is 13.6 Å². The van der Waals surface area contributed by atoms with Gasteiger partial charge in [-0.3, -0.25) is 8.98 Å². The number of amides is 1. The van der Waals surface area contributed by atoms with Gasteiger partial charge in [0.25, 0.3) is 5.91 Å². The first-order valence-electron chi connectivity index (χ1n) is 4.06. The summed E-state index contributed by atoms with van der Waals surface area (Å²) in [4.78, 5) is 12.6. The molecule has 0 spiro atoms. The van der Waals surface area contributed by atoms with Crippen molar-refractivity contribution in [2.24, 2.45) is 0 Å². The van der Waals surface area contributed by atoms with Gasteiger partial charge < -0.3 is 9.45 Å². The summed E-state index contributed by atoms with van der Waals surface area (Å²) in [5.41, 5.74) is 0. The lowest BCUT2D eigenvalue weighted by molar-refractivity contribution is -0.133. The first kappa shape index (κ1) is 11.1. The highest BCUT2D eigenvalue weighted by Gasteiger charge is 2.28. The highest BCUT2D eigenvalue weighted by atomic mass is 32.2. The highest BCUT2D eigenvalue weighted by Crippen LogP contribution is 2.16. The quantitative estimate of drug-likeness (QED) is 0.583. The Morgan fingerprint density at radius 1 is 1.79 bits per heavy atom. The number of nitriles is 1. The van der Waals surface area contributed by atoms with Gasteiger partial charge in [0.1, 0.15) is 12.6 Å². The van der Waals surface area contributed by atoms with E-state index < -0.39 is 29.9 Å². The second-order valence-corrected chi connectivity index (χ2v) is 3.48. The van der Waals surface area contributed by atoms with E-state index in [4.69, 9.17) is 5.26 Å². The van der Waals surface area contributed by atoms with Crippen LogP contribution in [0.5, 0.6) is 0 Å². The molecule has 0 aromatic rings. The number of hydrogen-bond acceptors (Lipinski definition) is 5. The fraction of sp³-hybridized carbons (Fsp3) is 0.714. The number of likely N-dealkylation sites (tertiary alicyclic amines) is 1. The average Bonchev–Trinajstić information content (AvgIpc) is 2.61. The van der Waals surface area contributed by atoms with Crippen molar-refractivity contribution in [1.82, 2.24) is 4.90 Å². The largest absolute Gasteiger partial charge is 0.750 e. The fourth-order valence-electron chi connectivity index (χ4n) is 1.38. The second kappa shape index (κ2) is 5.05. The monoisotopic (exact) mass is 217 g/mol. The van der Waals surface area contributed by atoms with Crippen LogP contribution in [-0.4, -0.2) is 38.8 Å². The lowest BCUT2D eigenvalue weighted by Crippen LogP contribution is -2.37. The Balaban J connectivity index is 2.44. The van der Waals surface area contributed by atoms with Crippen molar-refractivity contribution in [2.45, 2.75) is 18.9 Å². The highest BCUT2D eigenvalue weighted by molar-refractivity contribution is 7.74. The maximum atomic E-state index is 11.3. The average molecular weight is 217 g/mol.